The van der Waals surface area contributed by atoms with E-state index in [0.29, 0.717) is 46.6 Å². The van der Waals surface area contributed by atoms with Gasteiger partial charge >= 0.3 is 5.97 Å². The number of aromatic nitrogens is 2. The monoisotopic (exact) mass is 468 g/mol. The van der Waals surface area contributed by atoms with Crippen molar-refractivity contribution >= 4 is 29.2 Å². The second kappa shape index (κ2) is 10.1. The van der Waals surface area contributed by atoms with E-state index in [9.17, 15) is 9.59 Å². The molecule has 1 aliphatic rings. The maximum atomic E-state index is 13.0. The Morgan fingerprint density at radius 3 is 2.85 bits per heavy atom. The van der Waals surface area contributed by atoms with Gasteiger partial charge in [-0.25, -0.2) is 4.79 Å². The summed E-state index contributed by atoms with van der Waals surface area (Å²) < 4.78 is 10.2. The third-order valence-corrected chi connectivity index (χ3v) is 6.14. The van der Waals surface area contributed by atoms with Gasteiger partial charge in [-0.1, -0.05) is 35.0 Å². The molecule has 1 saturated heterocycles. The molecular weight excluding hydrogens is 444 g/mol. The molecular formula is C24H25ClN4O4. The highest BCUT2D eigenvalue weighted by Gasteiger charge is 2.27. The SMILES string of the molecule is COC(=O)c1cccc(NC(=O)C2CCCN(Cc3nc(-c4ccccc4Cl)no3)C2)c1C. The van der Waals surface area contributed by atoms with Crippen LogP contribution in [0.1, 0.15) is 34.7 Å². The Labute approximate surface area is 196 Å². The van der Waals surface area contributed by atoms with E-state index in [1.54, 1.807) is 31.2 Å². The molecule has 2 heterocycles. The molecule has 2 aromatic carbocycles. The first-order chi connectivity index (χ1) is 16.0. The predicted octanol–water partition coefficient (Wildman–Crippen LogP) is 4.34. The second-order valence-corrected chi connectivity index (χ2v) is 8.43. The maximum Gasteiger partial charge on any atom is 0.338 e. The molecule has 1 amide bonds. The van der Waals surface area contributed by atoms with Gasteiger partial charge in [0.1, 0.15) is 0 Å². The Morgan fingerprint density at radius 1 is 1.24 bits per heavy atom. The number of nitrogens with zero attached hydrogens (tertiary/aromatic N) is 3. The predicted molar refractivity (Wildman–Crippen MR) is 124 cm³/mol. The summed E-state index contributed by atoms with van der Waals surface area (Å²) in [6, 6.07) is 12.5. The minimum Gasteiger partial charge on any atom is -0.465 e. The normalized spacial score (nSPS) is 16.4. The molecule has 1 atom stereocenters. The van der Waals surface area contributed by atoms with Crippen LogP contribution in [-0.2, 0) is 16.1 Å². The van der Waals surface area contributed by atoms with Crippen LogP contribution in [-0.4, -0.2) is 47.1 Å². The van der Waals surface area contributed by atoms with Gasteiger partial charge in [0.25, 0.3) is 0 Å². The number of benzene rings is 2. The number of rotatable bonds is 6. The zero-order valence-corrected chi connectivity index (χ0v) is 19.3. The van der Waals surface area contributed by atoms with Crippen molar-refractivity contribution in [1.29, 1.82) is 0 Å². The number of hydrogen-bond donors (Lipinski definition) is 1. The average molecular weight is 469 g/mol. The number of amides is 1. The third-order valence-electron chi connectivity index (χ3n) is 5.81. The molecule has 0 aliphatic carbocycles. The van der Waals surface area contributed by atoms with Crippen LogP contribution < -0.4 is 5.32 Å². The fourth-order valence-corrected chi connectivity index (χ4v) is 4.23. The Morgan fingerprint density at radius 2 is 2.06 bits per heavy atom. The minimum atomic E-state index is -0.428. The first kappa shape index (κ1) is 22.9. The average Bonchev–Trinajstić information content (AvgIpc) is 3.28. The molecule has 1 fully saturated rings. The lowest BCUT2D eigenvalue weighted by molar-refractivity contribution is -0.121. The van der Waals surface area contributed by atoms with Gasteiger partial charge in [-0.2, -0.15) is 4.98 Å². The van der Waals surface area contributed by atoms with Crippen LogP contribution in [0, 0.1) is 12.8 Å². The molecule has 0 radical (unpaired) electrons. The van der Waals surface area contributed by atoms with E-state index in [4.69, 9.17) is 20.9 Å². The fourth-order valence-electron chi connectivity index (χ4n) is 4.01. The molecule has 0 saturated carbocycles. The van der Waals surface area contributed by atoms with E-state index in [0.717, 1.165) is 24.9 Å². The molecule has 3 aromatic rings. The zero-order chi connectivity index (χ0) is 23.4. The Kier molecular flexibility index (Phi) is 7.05. The van der Waals surface area contributed by atoms with Crippen molar-refractivity contribution in [2.45, 2.75) is 26.3 Å². The van der Waals surface area contributed by atoms with Crippen molar-refractivity contribution in [3.05, 3.63) is 64.5 Å². The highest BCUT2D eigenvalue weighted by atomic mass is 35.5. The highest BCUT2D eigenvalue weighted by Crippen LogP contribution is 2.26. The smallest absolute Gasteiger partial charge is 0.338 e. The van der Waals surface area contributed by atoms with Gasteiger partial charge in [-0.05, 0) is 56.1 Å². The summed E-state index contributed by atoms with van der Waals surface area (Å²) in [5.74, 6) is 0.233. The fraction of sp³-hybridized carbons (Fsp3) is 0.333. The number of halogens is 1. The summed E-state index contributed by atoms with van der Waals surface area (Å²) >= 11 is 6.22. The van der Waals surface area contributed by atoms with Gasteiger partial charge in [-0.15, -0.1) is 0 Å². The van der Waals surface area contributed by atoms with E-state index in [-0.39, 0.29) is 11.8 Å². The van der Waals surface area contributed by atoms with Crippen molar-refractivity contribution in [1.82, 2.24) is 15.0 Å². The number of piperidine rings is 1. The molecule has 172 valence electrons. The quantitative estimate of drug-likeness (QED) is 0.537. The Balaban J connectivity index is 1.40. The lowest BCUT2D eigenvalue weighted by Crippen LogP contribution is -2.40. The van der Waals surface area contributed by atoms with E-state index in [1.807, 2.05) is 18.2 Å². The van der Waals surface area contributed by atoms with Crippen LogP contribution in [0.4, 0.5) is 5.69 Å². The van der Waals surface area contributed by atoms with Crippen molar-refractivity contribution in [2.24, 2.45) is 5.92 Å². The molecule has 1 aromatic heterocycles. The Bertz CT molecular complexity index is 1160. The summed E-state index contributed by atoms with van der Waals surface area (Å²) in [7, 11) is 1.34. The van der Waals surface area contributed by atoms with Crippen molar-refractivity contribution in [2.75, 3.05) is 25.5 Å². The van der Waals surface area contributed by atoms with Gasteiger partial charge in [0, 0.05) is 17.8 Å². The third kappa shape index (κ3) is 5.23. The van der Waals surface area contributed by atoms with Crippen molar-refractivity contribution in [3.8, 4) is 11.4 Å². The summed E-state index contributed by atoms with van der Waals surface area (Å²) in [6.45, 7) is 3.66. The molecule has 33 heavy (non-hydrogen) atoms. The number of nitrogens with one attached hydrogen (secondary N) is 1. The van der Waals surface area contributed by atoms with Crippen LogP contribution in [0.25, 0.3) is 11.4 Å². The molecule has 1 N–H and O–H groups in total. The summed E-state index contributed by atoms with van der Waals surface area (Å²) in [4.78, 5) is 31.5. The van der Waals surface area contributed by atoms with E-state index in [1.165, 1.54) is 7.11 Å². The number of hydrogen-bond acceptors (Lipinski definition) is 7. The van der Waals surface area contributed by atoms with E-state index >= 15 is 0 Å². The van der Waals surface area contributed by atoms with E-state index < -0.39 is 5.97 Å². The number of carbonyl (C=O) groups is 2. The van der Waals surface area contributed by atoms with Gasteiger partial charge in [0.05, 0.1) is 30.2 Å². The topological polar surface area (TPSA) is 97.6 Å². The van der Waals surface area contributed by atoms with E-state index in [2.05, 4.69) is 20.4 Å². The van der Waals surface area contributed by atoms with Crippen LogP contribution in [0.2, 0.25) is 5.02 Å². The molecule has 1 aliphatic heterocycles. The van der Waals surface area contributed by atoms with Crippen LogP contribution in [0.15, 0.2) is 47.0 Å². The number of esters is 1. The molecule has 9 heteroatoms. The van der Waals surface area contributed by atoms with Gasteiger partial charge in [0.15, 0.2) is 0 Å². The number of likely N-dealkylation sites (tertiary alicyclic amines) is 1. The maximum absolute atomic E-state index is 13.0. The first-order valence-corrected chi connectivity index (χ1v) is 11.1. The summed E-state index contributed by atoms with van der Waals surface area (Å²) in [6.07, 6.45) is 1.66. The molecule has 1 unspecified atom stereocenters. The van der Waals surface area contributed by atoms with Crippen LogP contribution >= 0.6 is 11.6 Å². The number of methoxy groups -OCH3 is 1. The van der Waals surface area contributed by atoms with Gasteiger partial charge in [0.2, 0.25) is 17.6 Å². The standard InChI is InChI=1S/C24H25ClN4O4/c1-15-17(24(31)32-2)9-5-11-20(15)26-23(30)16-7-6-12-29(13-16)14-21-27-22(28-33-21)18-8-3-4-10-19(18)25/h3-5,8-11,16H,6-7,12-14H2,1-2H3,(H,26,30). The van der Waals surface area contributed by atoms with Crippen molar-refractivity contribution < 1.29 is 18.8 Å². The lowest BCUT2D eigenvalue weighted by atomic mass is 9.96. The molecule has 0 bridgehead atoms. The highest BCUT2D eigenvalue weighted by molar-refractivity contribution is 6.33. The zero-order valence-electron chi connectivity index (χ0n) is 18.5. The van der Waals surface area contributed by atoms with Gasteiger partial charge < -0.3 is 14.6 Å². The summed E-state index contributed by atoms with van der Waals surface area (Å²) in [5, 5.41) is 7.58. The number of ether oxygens (including phenoxy) is 1. The molecule has 4 rings (SSSR count). The molecule has 8 nitrogen and oxygen atoms in total. The Hall–Kier alpha value is -3.23. The number of anilines is 1. The van der Waals surface area contributed by atoms with Gasteiger partial charge in [-0.3, -0.25) is 9.69 Å². The minimum absolute atomic E-state index is 0.0768. The summed E-state index contributed by atoms with van der Waals surface area (Å²) in [5.41, 5.74) is 2.45. The molecule has 0 spiro atoms. The second-order valence-electron chi connectivity index (χ2n) is 8.02. The largest absolute Gasteiger partial charge is 0.465 e. The first-order valence-electron chi connectivity index (χ1n) is 10.7. The van der Waals surface area contributed by atoms with Crippen LogP contribution in [0.5, 0.6) is 0 Å². The lowest BCUT2D eigenvalue weighted by Gasteiger charge is -2.31. The van der Waals surface area contributed by atoms with Crippen molar-refractivity contribution in [3.63, 3.8) is 0 Å². The number of carbonyl (C=O) groups excluding carboxylic acids is 2. The van der Waals surface area contributed by atoms with Crippen LogP contribution in [0.3, 0.4) is 0 Å².